The van der Waals surface area contributed by atoms with E-state index in [0.717, 1.165) is 6.26 Å². The summed E-state index contributed by atoms with van der Waals surface area (Å²) in [6, 6.07) is 3.64. The van der Waals surface area contributed by atoms with Crippen LogP contribution in [0.15, 0.2) is 18.3 Å². The molecule has 0 spiro atoms. The summed E-state index contributed by atoms with van der Waals surface area (Å²) in [6.45, 7) is 3.92. The highest BCUT2D eigenvalue weighted by molar-refractivity contribution is 7.88. The van der Waals surface area contributed by atoms with Crippen molar-refractivity contribution in [2.45, 2.75) is 19.4 Å². The van der Waals surface area contributed by atoms with Gasteiger partial charge in [0.2, 0.25) is 10.0 Å². The smallest absolute Gasteiger partial charge is 0.270 e. The topological polar surface area (TPSA) is 80.6 Å². The van der Waals surface area contributed by atoms with Gasteiger partial charge in [-0.3, -0.25) is 4.79 Å². The second kappa shape index (κ2) is 7.46. The molecule has 1 N–H and O–H groups in total. The Morgan fingerprint density at radius 2 is 2.22 bits per heavy atom. The molecule has 1 aromatic heterocycles. The van der Waals surface area contributed by atoms with Crippen LogP contribution < -0.4 is 4.72 Å². The molecule has 0 aliphatic carbocycles. The van der Waals surface area contributed by atoms with Crippen LogP contribution >= 0.6 is 0 Å². The lowest BCUT2D eigenvalue weighted by Crippen LogP contribution is -2.44. The Morgan fingerprint density at radius 3 is 2.83 bits per heavy atom. The van der Waals surface area contributed by atoms with Gasteiger partial charge in [0.05, 0.1) is 19.5 Å². The number of rotatable bonds is 5. The molecule has 0 saturated carbocycles. The predicted molar refractivity (Wildman–Crippen MR) is 87.7 cm³/mol. The zero-order valence-corrected chi connectivity index (χ0v) is 14.7. The molecule has 23 heavy (non-hydrogen) atoms. The van der Waals surface area contributed by atoms with Crippen LogP contribution in [-0.4, -0.2) is 62.4 Å². The van der Waals surface area contributed by atoms with Crippen LogP contribution in [0, 0.1) is 5.92 Å². The normalized spacial score (nSPS) is 22.8. The van der Waals surface area contributed by atoms with E-state index in [4.69, 9.17) is 4.74 Å². The highest BCUT2D eigenvalue weighted by Gasteiger charge is 2.31. The van der Waals surface area contributed by atoms with Gasteiger partial charge in [0, 0.05) is 38.3 Å². The molecule has 2 heterocycles. The van der Waals surface area contributed by atoms with E-state index < -0.39 is 10.0 Å². The second-order valence-electron chi connectivity index (χ2n) is 6.03. The number of aryl methyl sites for hydroxylation is 1. The van der Waals surface area contributed by atoms with E-state index in [1.54, 1.807) is 10.6 Å². The maximum Gasteiger partial charge on any atom is 0.270 e. The summed E-state index contributed by atoms with van der Waals surface area (Å²) >= 11 is 0. The van der Waals surface area contributed by atoms with Crippen molar-refractivity contribution in [1.29, 1.82) is 0 Å². The first-order valence-electron chi connectivity index (χ1n) is 7.74. The van der Waals surface area contributed by atoms with E-state index in [1.807, 2.05) is 31.1 Å². The van der Waals surface area contributed by atoms with Crippen molar-refractivity contribution in [3.8, 4) is 0 Å². The third-order valence-electron chi connectivity index (χ3n) is 4.29. The molecule has 2 atom stereocenters. The Balaban J connectivity index is 2.05. The Morgan fingerprint density at radius 1 is 1.48 bits per heavy atom. The summed E-state index contributed by atoms with van der Waals surface area (Å²) in [5, 5.41) is 0. The number of nitrogens with one attached hydrogen (secondary N) is 1. The monoisotopic (exact) mass is 343 g/mol. The van der Waals surface area contributed by atoms with Crippen LogP contribution in [0.3, 0.4) is 0 Å². The van der Waals surface area contributed by atoms with Crippen molar-refractivity contribution in [2.75, 3.05) is 32.6 Å². The maximum absolute atomic E-state index is 12.8. The predicted octanol–water partition coefficient (Wildman–Crippen LogP) is 0.442. The molecule has 1 aliphatic heterocycles. The fourth-order valence-electron chi connectivity index (χ4n) is 2.87. The van der Waals surface area contributed by atoms with Gasteiger partial charge in [0.25, 0.3) is 5.91 Å². The number of amides is 1. The van der Waals surface area contributed by atoms with E-state index >= 15 is 0 Å². The highest BCUT2D eigenvalue weighted by atomic mass is 32.2. The molecule has 8 heteroatoms. The number of ether oxygens (including phenoxy) is 1. The molecule has 0 unspecified atom stereocenters. The van der Waals surface area contributed by atoms with Gasteiger partial charge >= 0.3 is 0 Å². The van der Waals surface area contributed by atoms with Gasteiger partial charge in [0.1, 0.15) is 5.69 Å². The van der Waals surface area contributed by atoms with Crippen LogP contribution in [0.2, 0.25) is 0 Å². The van der Waals surface area contributed by atoms with Gasteiger partial charge in [-0.25, -0.2) is 13.1 Å². The first kappa shape index (κ1) is 18.0. The quantitative estimate of drug-likeness (QED) is 0.841. The summed E-state index contributed by atoms with van der Waals surface area (Å²) < 4.78 is 32.3. The highest BCUT2D eigenvalue weighted by Crippen LogP contribution is 2.21. The molecule has 0 radical (unpaired) electrons. The summed E-state index contributed by atoms with van der Waals surface area (Å²) in [4.78, 5) is 14.6. The van der Waals surface area contributed by atoms with Crippen molar-refractivity contribution in [1.82, 2.24) is 14.2 Å². The van der Waals surface area contributed by atoms with Crippen LogP contribution in [0.1, 0.15) is 23.8 Å². The summed E-state index contributed by atoms with van der Waals surface area (Å²) in [7, 11) is -1.35. The zero-order valence-electron chi connectivity index (χ0n) is 13.9. The molecule has 2 rings (SSSR count). The fourth-order valence-corrected chi connectivity index (χ4v) is 3.35. The zero-order chi connectivity index (χ0) is 17.0. The first-order valence-corrected chi connectivity index (χ1v) is 9.63. The number of nitrogens with zero attached hydrogens (tertiary/aromatic N) is 2. The lowest BCUT2D eigenvalue weighted by molar-refractivity contribution is 0.0648. The summed E-state index contributed by atoms with van der Waals surface area (Å²) in [6.07, 6.45) is 3.62. The third-order valence-corrected chi connectivity index (χ3v) is 5.01. The molecule has 0 bridgehead atoms. The van der Waals surface area contributed by atoms with Gasteiger partial charge in [-0.2, -0.15) is 0 Å². The first-order chi connectivity index (χ1) is 10.8. The number of carbonyl (C=O) groups excluding carboxylic acids is 1. The molecule has 7 nitrogen and oxygen atoms in total. The summed E-state index contributed by atoms with van der Waals surface area (Å²) in [5.41, 5.74) is 0.645. The van der Waals surface area contributed by atoms with Crippen molar-refractivity contribution in [3.63, 3.8) is 0 Å². The Hall–Kier alpha value is -1.38. The number of sulfonamides is 1. The molecule has 1 aromatic rings. The average Bonchev–Trinajstić information content (AvgIpc) is 2.80. The van der Waals surface area contributed by atoms with Crippen molar-refractivity contribution in [3.05, 3.63) is 24.0 Å². The Bertz CT molecular complexity index is 641. The van der Waals surface area contributed by atoms with E-state index in [2.05, 4.69) is 4.72 Å². The van der Waals surface area contributed by atoms with E-state index in [9.17, 15) is 13.2 Å². The van der Waals surface area contributed by atoms with Gasteiger partial charge < -0.3 is 14.2 Å². The minimum atomic E-state index is -3.20. The standard InChI is InChI=1S/C15H25N3O4S/c1-12-13(6-7-16-23(3,20)21)11-22-10-9-18(12)15(19)14-5-4-8-17(14)2/h4-5,8,12-13,16H,6-7,9-11H2,1-3H3/t12-,13+/m0/s1. The van der Waals surface area contributed by atoms with E-state index in [-0.39, 0.29) is 17.9 Å². The van der Waals surface area contributed by atoms with Crippen molar-refractivity contribution < 1.29 is 17.9 Å². The van der Waals surface area contributed by atoms with E-state index in [1.165, 1.54) is 0 Å². The lowest BCUT2D eigenvalue weighted by atomic mass is 9.97. The minimum absolute atomic E-state index is 0.0127. The maximum atomic E-state index is 12.8. The van der Waals surface area contributed by atoms with Crippen LogP contribution in [0.25, 0.3) is 0 Å². The molecule has 1 amide bonds. The van der Waals surface area contributed by atoms with Crippen molar-refractivity contribution >= 4 is 15.9 Å². The molecule has 1 fully saturated rings. The van der Waals surface area contributed by atoms with Crippen LogP contribution in [0.5, 0.6) is 0 Å². The van der Waals surface area contributed by atoms with Gasteiger partial charge in [-0.1, -0.05) is 0 Å². The second-order valence-corrected chi connectivity index (χ2v) is 7.87. The minimum Gasteiger partial charge on any atom is -0.379 e. The molecular formula is C15H25N3O4S. The average molecular weight is 343 g/mol. The van der Waals surface area contributed by atoms with Gasteiger partial charge in [-0.05, 0) is 25.5 Å². The number of hydrogen-bond donors (Lipinski definition) is 1. The number of aromatic nitrogens is 1. The van der Waals surface area contributed by atoms with E-state index in [0.29, 0.717) is 38.4 Å². The van der Waals surface area contributed by atoms with Crippen LogP contribution in [-0.2, 0) is 21.8 Å². The Labute approximate surface area is 137 Å². The number of carbonyl (C=O) groups is 1. The molecule has 1 saturated heterocycles. The third kappa shape index (κ3) is 4.79. The number of hydrogen-bond acceptors (Lipinski definition) is 4. The molecule has 1 aliphatic rings. The summed E-state index contributed by atoms with van der Waals surface area (Å²) in [5.74, 6) is 0.0764. The lowest BCUT2D eigenvalue weighted by Gasteiger charge is -2.31. The van der Waals surface area contributed by atoms with Crippen LogP contribution in [0.4, 0.5) is 0 Å². The van der Waals surface area contributed by atoms with Crippen molar-refractivity contribution in [2.24, 2.45) is 13.0 Å². The molecule has 0 aromatic carbocycles. The fraction of sp³-hybridized carbons (Fsp3) is 0.667. The molecule has 130 valence electrons. The van der Waals surface area contributed by atoms with Gasteiger partial charge in [0.15, 0.2) is 0 Å². The van der Waals surface area contributed by atoms with Gasteiger partial charge in [-0.15, -0.1) is 0 Å². The Kier molecular flexibility index (Phi) is 5.83. The molecular weight excluding hydrogens is 318 g/mol. The largest absolute Gasteiger partial charge is 0.379 e. The SMILES string of the molecule is C[C@H]1[C@H](CCNS(C)(=O)=O)COCCN1C(=O)c1cccn1C.